The highest BCUT2D eigenvalue weighted by Crippen LogP contribution is 2.41. The molecule has 2 aromatic rings. The average Bonchev–Trinajstić information content (AvgIpc) is 2.98. The Hall–Kier alpha value is -2.01. The number of amides is 1. The highest BCUT2D eigenvalue weighted by molar-refractivity contribution is 7.10. The summed E-state index contributed by atoms with van der Waals surface area (Å²) in [6.45, 7) is 4.08. The summed E-state index contributed by atoms with van der Waals surface area (Å²) >= 11 is 1.60. The van der Waals surface area contributed by atoms with Crippen molar-refractivity contribution < 1.29 is 14.3 Å². The topological polar surface area (TPSA) is 47.6 Å². The summed E-state index contributed by atoms with van der Waals surface area (Å²) in [6, 6.07) is 9.61. The van der Waals surface area contributed by atoms with Gasteiger partial charge < -0.3 is 14.8 Å². The first-order chi connectivity index (χ1) is 11.0. The molecule has 0 aliphatic carbocycles. The summed E-state index contributed by atoms with van der Waals surface area (Å²) in [5.41, 5.74) is 0.658. The number of carbonyl (C=O) groups excluding carboxylic acids is 1. The fourth-order valence-corrected chi connectivity index (χ4v) is 3.61. The lowest BCUT2D eigenvalue weighted by Gasteiger charge is -2.38. The van der Waals surface area contributed by atoms with Gasteiger partial charge in [-0.25, -0.2) is 0 Å². The Labute approximate surface area is 140 Å². The predicted molar refractivity (Wildman–Crippen MR) is 91.2 cm³/mol. The van der Waals surface area contributed by atoms with Crippen LogP contribution in [0.4, 0.5) is 0 Å². The van der Waals surface area contributed by atoms with Gasteiger partial charge in [0.15, 0.2) is 0 Å². The number of hydrogen-bond acceptors (Lipinski definition) is 4. The van der Waals surface area contributed by atoms with Crippen LogP contribution in [0.15, 0.2) is 35.7 Å². The zero-order valence-electron chi connectivity index (χ0n) is 13.6. The molecule has 0 bridgehead atoms. The van der Waals surface area contributed by atoms with Gasteiger partial charge >= 0.3 is 0 Å². The van der Waals surface area contributed by atoms with Crippen LogP contribution in [0, 0.1) is 0 Å². The number of benzene rings is 1. The van der Waals surface area contributed by atoms with Crippen molar-refractivity contribution in [1.82, 2.24) is 5.32 Å². The first-order valence-electron chi connectivity index (χ1n) is 7.65. The van der Waals surface area contributed by atoms with Crippen LogP contribution in [0.2, 0.25) is 0 Å². The number of thiophene rings is 1. The van der Waals surface area contributed by atoms with Gasteiger partial charge in [-0.2, -0.15) is 0 Å². The summed E-state index contributed by atoms with van der Waals surface area (Å²) in [5, 5.41) is 5.14. The van der Waals surface area contributed by atoms with Crippen molar-refractivity contribution in [3.05, 3.63) is 46.2 Å². The summed E-state index contributed by atoms with van der Waals surface area (Å²) in [4.78, 5) is 13.4. The van der Waals surface area contributed by atoms with Crippen LogP contribution in [0.25, 0.3) is 0 Å². The summed E-state index contributed by atoms with van der Waals surface area (Å²) in [5.74, 6) is 1.61. The van der Waals surface area contributed by atoms with Gasteiger partial charge in [-0.3, -0.25) is 4.79 Å². The normalized spacial score (nSPS) is 18.7. The van der Waals surface area contributed by atoms with E-state index in [1.54, 1.807) is 18.4 Å². The lowest BCUT2D eigenvalue weighted by atomic mass is 9.89. The van der Waals surface area contributed by atoms with Crippen LogP contribution in [-0.4, -0.2) is 18.6 Å². The van der Waals surface area contributed by atoms with Crippen molar-refractivity contribution in [1.29, 1.82) is 0 Å². The van der Waals surface area contributed by atoms with Gasteiger partial charge in [-0.05, 0) is 43.5 Å². The highest BCUT2D eigenvalue weighted by Gasteiger charge is 2.34. The molecule has 0 saturated heterocycles. The Balaban J connectivity index is 1.82. The van der Waals surface area contributed by atoms with Gasteiger partial charge in [-0.1, -0.05) is 6.07 Å². The van der Waals surface area contributed by atoms with Crippen LogP contribution in [-0.2, 0) is 11.2 Å². The number of hydrogen-bond donors (Lipinski definition) is 1. The van der Waals surface area contributed by atoms with Crippen LogP contribution >= 0.6 is 11.3 Å². The maximum atomic E-state index is 12.4. The molecule has 0 saturated carbocycles. The zero-order valence-corrected chi connectivity index (χ0v) is 14.4. The van der Waals surface area contributed by atoms with Gasteiger partial charge in [0.05, 0.1) is 19.6 Å². The average molecular weight is 331 g/mol. The van der Waals surface area contributed by atoms with E-state index in [1.165, 1.54) is 0 Å². The van der Waals surface area contributed by atoms with Crippen LogP contribution < -0.4 is 14.8 Å². The molecule has 1 N–H and O–H groups in total. The van der Waals surface area contributed by atoms with E-state index >= 15 is 0 Å². The van der Waals surface area contributed by atoms with E-state index in [-0.39, 0.29) is 17.6 Å². The maximum Gasteiger partial charge on any atom is 0.225 e. The van der Waals surface area contributed by atoms with E-state index in [4.69, 9.17) is 9.47 Å². The standard InChI is InChI=1S/C18H21NO3S/c1-18(2)11-15(19-17(20)10-13-5-4-8-23-13)14-9-12(21-3)6-7-16(14)22-18/h4-9,15H,10-11H2,1-3H3,(H,19,20)/t15-/m1/s1. The first-order valence-corrected chi connectivity index (χ1v) is 8.53. The minimum absolute atomic E-state index is 0.0314. The van der Waals surface area contributed by atoms with E-state index in [0.29, 0.717) is 6.42 Å². The largest absolute Gasteiger partial charge is 0.497 e. The van der Waals surface area contributed by atoms with Crippen molar-refractivity contribution in [2.24, 2.45) is 0 Å². The number of rotatable bonds is 4. The Kier molecular flexibility index (Phi) is 4.31. The number of fused-ring (bicyclic) bond motifs is 1. The number of nitrogens with one attached hydrogen (secondary N) is 1. The monoisotopic (exact) mass is 331 g/mol. The first kappa shape index (κ1) is 15.9. The fraction of sp³-hybridized carbons (Fsp3) is 0.389. The van der Waals surface area contributed by atoms with Crippen molar-refractivity contribution in [2.45, 2.75) is 38.3 Å². The van der Waals surface area contributed by atoms with E-state index < -0.39 is 0 Å². The van der Waals surface area contributed by atoms with Crippen molar-refractivity contribution in [3.8, 4) is 11.5 Å². The number of carbonyl (C=O) groups is 1. The lowest BCUT2D eigenvalue weighted by molar-refractivity contribution is -0.121. The van der Waals surface area contributed by atoms with Crippen LogP contribution in [0.1, 0.15) is 36.8 Å². The SMILES string of the molecule is COc1ccc2c(c1)[C@H](NC(=O)Cc1cccs1)CC(C)(C)O2. The Morgan fingerprint density at radius 1 is 1.43 bits per heavy atom. The third-order valence-electron chi connectivity index (χ3n) is 3.92. The van der Waals surface area contributed by atoms with Gasteiger partial charge in [0, 0.05) is 16.9 Å². The second-order valence-corrected chi connectivity index (χ2v) is 7.38. The lowest BCUT2D eigenvalue weighted by Crippen LogP contribution is -2.41. The molecular formula is C18H21NO3S. The molecule has 3 rings (SSSR count). The van der Waals surface area contributed by atoms with E-state index in [1.807, 2.05) is 49.6 Å². The molecule has 4 nitrogen and oxygen atoms in total. The molecule has 1 atom stereocenters. The fourth-order valence-electron chi connectivity index (χ4n) is 2.91. The van der Waals surface area contributed by atoms with Gasteiger partial charge in [-0.15, -0.1) is 11.3 Å². The van der Waals surface area contributed by atoms with E-state index in [2.05, 4.69) is 5.32 Å². The summed E-state index contributed by atoms with van der Waals surface area (Å²) < 4.78 is 11.3. The van der Waals surface area contributed by atoms with Gasteiger partial charge in [0.1, 0.15) is 17.1 Å². The van der Waals surface area contributed by atoms with Gasteiger partial charge in [0.25, 0.3) is 0 Å². The van der Waals surface area contributed by atoms with Crippen LogP contribution in [0.3, 0.4) is 0 Å². The quantitative estimate of drug-likeness (QED) is 0.929. The molecule has 1 amide bonds. The van der Waals surface area contributed by atoms with Crippen molar-refractivity contribution in [2.75, 3.05) is 7.11 Å². The Bertz CT molecular complexity index is 694. The number of methoxy groups -OCH3 is 1. The maximum absolute atomic E-state index is 12.4. The predicted octanol–water partition coefficient (Wildman–Crippen LogP) is 3.72. The third-order valence-corrected chi connectivity index (χ3v) is 4.80. The van der Waals surface area contributed by atoms with Crippen LogP contribution in [0.5, 0.6) is 11.5 Å². The smallest absolute Gasteiger partial charge is 0.225 e. The molecule has 23 heavy (non-hydrogen) atoms. The zero-order chi connectivity index (χ0) is 16.4. The Morgan fingerprint density at radius 2 is 2.26 bits per heavy atom. The molecule has 122 valence electrons. The highest BCUT2D eigenvalue weighted by atomic mass is 32.1. The second kappa shape index (κ2) is 6.24. The van der Waals surface area contributed by atoms with E-state index in [9.17, 15) is 4.79 Å². The molecule has 1 aliphatic heterocycles. The molecule has 0 unspecified atom stereocenters. The minimum Gasteiger partial charge on any atom is -0.497 e. The van der Waals surface area contributed by atoms with E-state index in [0.717, 1.165) is 28.4 Å². The van der Waals surface area contributed by atoms with Gasteiger partial charge in [0.2, 0.25) is 5.91 Å². The second-order valence-electron chi connectivity index (χ2n) is 6.35. The molecule has 0 fully saturated rings. The van der Waals surface area contributed by atoms with Crippen molar-refractivity contribution >= 4 is 17.2 Å². The Morgan fingerprint density at radius 3 is 2.96 bits per heavy atom. The molecule has 5 heteroatoms. The summed E-state index contributed by atoms with van der Waals surface area (Å²) in [7, 11) is 1.64. The molecule has 0 spiro atoms. The van der Waals surface area contributed by atoms with Crippen molar-refractivity contribution in [3.63, 3.8) is 0 Å². The molecular weight excluding hydrogens is 310 g/mol. The minimum atomic E-state index is -0.317. The summed E-state index contributed by atoms with van der Waals surface area (Å²) in [6.07, 6.45) is 1.14. The molecule has 1 aromatic carbocycles. The number of ether oxygens (including phenoxy) is 2. The molecule has 0 radical (unpaired) electrons. The molecule has 1 aromatic heterocycles. The third kappa shape index (κ3) is 3.67. The molecule has 2 heterocycles. The molecule has 1 aliphatic rings.